The summed E-state index contributed by atoms with van der Waals surface area (Å²) in [6.07, 6.45) is 2.74. The van der Waals surface area contributed by atoms with Gasteiger partial charge in [-0.2, -0.15) is 0 Å². The van der Waals surface area contributed by atoms with Gasteiger partial charge in [0.2, 0.25) is 17.2 Å². The zero-order valence-corrected chi connectivity index (χ0v) is 34.3. The number of methoxy groups -OCH3 is 4. The summed E-state index contributed by atoms with van der Waals surface area (Å²) in [5, 5.41) is 5.98. The lowest BCUT2D eigenvalue weighted by Gasteiger charge is -2.37. The zero-order chi connectivity index (χ0) is 42.7. The van der Waals surface area contributed by atoms with Gasteiger partial charge in [-0.15, -0.1) is 0 Å². The quantitative estimate of drug-likeness (QED) is 0.173. The number of ether oxygens (including phenoxy) is 5. The molecule has 5 heterocycles. The molecular formula is C42H49N7O11. The van der Waals surface area contributed by atoms with Gasteiger partial charge >= 0.3 is 12.2 Å². The number of likely N-dealkylation sites (tertiary alicyclic amines) is 1. The molecule has 318 valence electrons. The molecule has 4 aromatic rings. The van der Waals surface area contributed by atoms with Crippen molar-refractivity contribution in [1.82, 2.24) is 30.4 Å². The molecule has 0 aliphatic carbocycles. The predicted octanol–water partition coefficient (Wildman–Crippen LogP) is 3.93. The second-order valence-electron chi connectivity index (χ2n) is 14.9. The number of allylic oxidation sites excluding steroid dienone is 1. The number of imidazole rings is 1. The van der Waals surface area contributed by atoms with Gasteiger partial charge in [-0.05, 0) is 68.2 Å². The van der Waals surface area contributed by atoms with Crippen LogP contribution in [-0.2, 0) is 33.3 Å². The Morgan fingerprint density at radius 1 is 0.833 bits per heavy atom. The fourth-order valence-electron chi connectivity index (χ4n) is 7.93. The van der Waals surface area contributed by atoms with Crippen LogP contribution in [0.25, 0.3) is 38.8 Å². The van der Waals surface area contributed by atoms with Gasteiger partial charge in [-0.3, -0.25) is 19.4 Å². The van der Waals surface area contributed by atoms with E-state index >= 15 is 0 Å². The van der Waals surface area contributed by atoms with Crippen LogP contribution in [0.2, 0.25) is 0 Å². The van der Waals surface area contributed by atoms with Gasteiger partial charge in [0.25, 0.3) is 0 Å². The third kappa shape index (κ3) is 8.35. The van der Waals surface area contributed by atoms with Crippen LogP contribution in [0.4, 0.5) is 9.59 Å². The SMILES string of the molecule is COC(=O)N[C@H](C(=O)N1CCC[C@H]1C1=NC=C(c2ccc3c(=O)c4cc(-c5cnc([C@@H]6COCCN6C(=O)[C@@H](NC(=O)OC)[C@@H](C)OC)[nH]5)ccc4oc3c2)C1)[C@@H](C)OC. The van der Waals surface area contributed by atoms with E-state index in [1.165, 1.54) is 28.4 Å². The summed E-state index contributed by atoms with van der Waals surface area (Å²) in [6, 6.07) is 7.99. The maximum absolute atomic E-state index is 13.9. The van der Waals surface area contributed by atoms with Crippen molar-refractivity contribution in [2.75, 3.05) is 54.7 Å². The van der Waals surface area contributed by atoms with Gasteiger partial charge < -0.3 is 53.5 Å². The van der Waals surface area contributed by atoms with Crippen LogP contribution in [-0.4, -0.2) is 135 Å². The Balaban J connectivity index is 1.08. The molecule has 2 aromatic carbocycles. The van der Waals surface area contributed by atoms with Crippen LogP contribution in [0.3, 0.4) is 0 Å². The summed E-state index contributed by atoms with van der Waals surface area (Å²) in [7, 11) is 5.40. The average Bonchev–Trinajstić information content (AvgIpc) is 4.08. The summed E-state index contributed by atoms with van der Waals surface area (Å²) >= 11 is 0. The number of H-pyrrole nitrogens is 1. The molecule has 4 amide bonds. The van der Waals surface area contributed by atoms with Crippen LogP contribution in [0.15, 0.2) is 63.0 Å². The van der Waals surface area contributed by atoms with E-state index in [0.29, 0.717) is 58.6 Å². The number of rotatable bonds is 12. The largest absolute Gasteiger partial charge is 0.456 e. The maximum atomic E-state index is 13.9. The molecule has 3 aliphatic rings. The minimum atomic E-state index is -1.01. The molecule has 7 rings (SSSR count). The van der Waals surface area contributed by atoms with Crippen molar-refractivity contribution < 1.29 is 47.3 Å². The first-order valence-electron chi connectivity index (χ1n) is 19.7. The van der Waals surface area contributed by atoms with E-state index in [1.54, 1.807) is 54.2 Å². The Morgan fingerprint density at radius 2 is 1.50 bits per heavy atom. The van der Waals surface area contributed by atoms with Crippen molar-refractivity contribution in [3.05, 3.63) is 70.4 Å². The Hall–Kier alpha value is -6.11. The molecule has 0 spiro atoms. The number of aliphatic imine (C=N–C) groups is 1. The molecule has 60 heavy (non-hydrogen) atoms. The first kappa shape index (κ1) is 42.0. The lowest BCUT2D eigenvalue weighted by molar-refractivity contribution is -0.146. The minimum absolute atomic E-state index is 0.175. The van der Waals surface area contributed by atoms with Crippen molar-refractivity contribution in [3.8, 4) is 11.3 Å². The second kappa shape index (κ2) is 18.0. The number of hydrogen-bond acceptors (Lipinski definition) is 13. The highest BCUT2D eigenvalue weighted by atomic mass is 16.5. The van der Waals surface area contributed by atoms with E-state index in [2.05, 4.69) is 20.6 Å². The minimum Gasteiger partial charge on any atom is -0.456 e. The van der Waals surface area contributed by atoms with Gasteiger partial charge in [0.15, 0.2) is 0 Å². The van der Waals surface area contributed by atoms with Crippen molar-refractivity contribution in [1.29, 1.82) is 0 Å². The Morgan fingerprint density at radius 3 is 2.17 bits per heavy atom. The average molecular weight is 828 g/mol. The van der Waals surface area contributed by atoms with Crippen molar-refractivity contribution in [2.45, 2.75) is 69.5 Å². The number of carbonyl (C=O) groups excluding carboxylic acids is 4. The van der Waals surface area contributed by atoms with Crippen molar-refractivity contribution in [2.24, 2.45) is 4.99 Å². The molecule has 0 unspecified atom stereocenters. The predicted molar refractivity (Wildman–Crippen MR) is 219 cm³/mol. The van der Waals surface area contributed by atoms with E-state index in [1.807, 2.05) is 18.2 Å². The molecular weight excluding hydrogens is 778 g/mol. The number of nitrogens with zero attached hydrogens (tertiary/aromatic N) is 4. The van der Waals surface area contributed by atoms with Gasteiger partial charge in [0.05, 0.1) is 68.3 Å². The van der Waals surface area contributed by atoms with Gasteiger partial charge in [-0.25, -0.2) is 14.6 Å². The monoisotopic (exact) mass is 827 g/mol. The lowest BCUT2D eigenvalue weighted by Crippen LogP contribution is -2.57. The van der Waals surface area contributed by atoms with Crippen molar-refractivity contribution in [3.63, 3.8) is 0 Å². The summed E-state index contributed by atoms with van der Waals surface area (Å²) < 4.78 is 32.3. The molecule has 0 bridgehead atoms. The number of benzene rings is 2. The highest BCUT2D eigenvalue weighted by Crippen LogP contribution is 2.33. The first-order valence-corrected chi connectivity index (χ1v) is 19.7. The number of amides is 4. The number of aromatic nitrogens is 2. The fourth-order valence-corrected chi connectivity index (χ4v) is 7.93. The zero-order valence-electron chi connectivity index (χ0n) is 34.3. The van der Waals surface area contributed by atoms with E-state index in [4.69, 9.17) is 33.1 Å². The number of alkyl carbamates (subject to hydrolysis) is 2. The summed E-state index contributed by atoms with van der Waals surface area (Å²) in [5.74, 6) is -0.167. The number of hydrogen-bond donors (Lipinski definition) is 3. The third-order valence-electron chi connectivity index (χ3n) is 11.5. The molecule has 3 N–H and O–H groups in total. The van der Waals surface area contributed by atoms with Gasteiger partial charge in [0, 0.05) is 51.2 Å². The Kier molecular flexibility index (Phi) is 12.6. The fraction of sp³-hybridized carbons (Fsp3) is 0.452. The summed E-state index contributed by atoms with van der Waals surface area (Å²) in [6.45, 7) is 4.66. The molecule has 18 nitrogen and oxygen atoms in total. The van der Waals surface area contributed by atoms with Crippen LogP contribution in [0, 0.1) is 0 Å². The number of aromatic amines is 1. The molecule has 18 heteroatoms. The second-order valence-corrected chi connectivity index (χ2v) is 14.9. The Labute approximate surface area is 345 Å². The van der Waals surface area contributed by atoms with Crippen LogP contribution in [0.5, 0.6) is 0 Å². The molecule has 2 fully saturated rings. The smallest absolute Gasteiger partial charge is 0.407 e. The van der Waals surface area contributed by atoms with E-state index in [0.717, 1.165) is 29.7 Å². The highest BCUT2D eigenvalue weighted by Gasteiger charge is 2.40. The molecule has 6 atom stereocenters. The molecule has 2 saturated heterocycles. The lowest BCUT2D eigenvalue weighted by atomic mass is 9.97. The standard InChI is InChI=1S/C42H49N7O11/c1-22(55-3)35(46-41(53)57-5)39(51)48-13-7-8-31(48)29-17-26(19-43-29)24-9-11-27-34(18-24)60-33-12-10-25(16-28(33)37(27)50)30-20-44-38(45-30)32-21-59-15-14-49(32)40(52)36(23(2)56-4)47-42(54)58-6/h9-12,16,18-20,22-23,31-32,35-36H,7-8,13-15,17,21H2,1-6H3,(H,44,45)(H,46,53)(H,47,54)/t22-,23-,31+,32+,35+,36+/m1/s1. The van der Waals surface area contributed by atoms with Crippen LogP contribution >= 0.6 is 0 Å². The van der Waals surface area contributed by atoms with Crippen LogP contribution in [0.1, 0.15) is 50.5 Å². The number of nitrogens with one attached hydrogen (secondary N) is 3. The van der Waals surface area contributed by atoms with Gasteiger partial charge in [0.1, 0.15) is 35.1 Å². The maximum Gasteiger partial charge on any atom is 0.407 e. The number of carbonyl (C=O) groups is 4. The Bertz CT molecular complexity index is 2410. The molecule has 2 aromatic heterocycles. The van der Waals surface area contributed by atoms with Gasteiger partial charge in [-0.1, -0.05) is 6.07 Å². The van der Waals surface area contributed by atoms with E-state index in [-0.39, 0.29) is 36.4 Å². The number of morpholine rings is 1. The third-order valence-corrected chi connectivity index (χ3v) is 11.5. The molecule has 3 aliphatic heterocycles. The van der Waals surface area contributed by atoms with E-state index < -0.39 is 42.5 Å². The first-order chi connectivity index (χ1) is 29.0. The van der Waals surface area contributed by atoms with E-state index in [9.17, 15) is 24.0 Å². The molecule has 0 radical (unpaired) electrons. The number of fused-ring (bicyclic) bond motifs is 2. The van der Waals surface area contributed by atoms with Crippen molar-refractivity contribution >= 4 is 57.2 Å². The molecule has 0 saturated carbocycles. The highest BCUT2D eigenvalue weighted by molar-refractivity contribution is 6.04. The normalized spacial score (nSPS) is 20.0. The topological polar surface area (TPSA) is 216 Å². The van der Waals surface area contributed by atoms with Crippen LogP contribution < -0.4 is 16.1 Å². The summed E-state index contributed by atoms with van der Waals surface area (Å²) in [5.41, 5.74) is 4.51. The summed E-state index contributed by atoms with van der Waals surface area (Å²) in [4.78, 5) is 81.5.